The molecule has 2 atom stereocenters. The lowest BCUT2D eigenvalue weighted by Crippen LogP contribution is -2.37. The first kappa shape index (κ1) is 10.4. The van der Waals surface area contributed by atoms with Crippen LogP contribution in [0.3, 0.4) is 0 Å². The molecule has 2 rings (SSSR count). The van der Waals surface area contributed by atoms with Gasteiger partial charge in [-0.3, -0.25) is 9.59 Å². The van der Waals surface area contributed by atoms with Crippen LogP contribution in [0.15, 0.2) is 12.2 Å². The predicted octanol–water partition coefficient (Wildman–Crippen LogP) is 1.86. The van der Waals surface area contributed by atoms with Crippen molar-refractivity contribution in [1.82, 2.24) is 0 Å². The summed E-state index contributed by atoms with van der Waals surface area (Å²) in [5.41, 5.74) is -0.840. The second-order valence-corrected chi connectivity index (χ2v) is 4.31. The number of carbonyl (C=O) groups excluding carboxylic acids is 2. The average molecular weight is 208 g/mol. The molecule has 15 heavy (non-hydrogen) atoms. The first-order valence-electron chi connectivity index (χ1n) is 5.57. The van der Waals surface area contributed by atoms with Gasteiger partial charge in [0.2, 0.25) is 0 Å². The van der Waals surface area contributed by atoms with Crippen LogP contribution in [-0.2, 0) is 14.3 Å². The molecule has 82 valence electrons. The van der Waals surface area contributed by atoms with Crippen LogP contribution in [0.2, 0.25) is 0 Å². The van der Waals surface area contributed by atoms with Gasteiger partial charge in [0, 0.05) is 5.92 Å². The molecule has 2 bridgehead atoms. The summed E-state index contributed by atoms with van der Waals surface area (Å²) in [6, 6.07) is 0. The molecule has 2 aliphatic rings. The molecule has 0 aromatic rings. The predicted molar refractivity (Wildman–Crippen MR) is 55.2 cm³/mol. The highest BCUT2D eigenvalue weighted by atomic mass is 16.5. The lowest BCUT2D eigenvalue weighted by atomic mass is 9.81. The number of rotatable bonds is 2. The topological polar surface area (TPSA) is 43.4 Å². The molecular formula is C12H16O3. The molecule has 1 fully saturated rings. The smallest absolute Gasteiger partial charge is 0.319 e. The molecule has 2 aliphatic carbocycles. The maximum atomic E-state index is 12.1. The zero-order valence-corrected chi connectivity index (χ0v) is 8.99. The third kappa shape index (κ3) is 1.50. The number of hydrogen-bond donors (Lipinski definition) is 0. The van der Waals surface area contributed by atoms with E-state index in [1.165, 1.54) is 0 Å². The van der Waals surface area contributed by atoms with Crippen molar-refractivity contribution in [2.45, 2.75) is 32.6 Å². The van der Waals surface area contributed by atoms with Gasteiger partial charge in [-0.25, -0.2) is 0 Å². The second-order valence-electron chi connectivity index (χ2n) is 4.31. The molecule has 0 spiro atoms. The Hall–Kier alpha value is -1.12. The van der Waals surface area contributed by atoms with Gasteiger partial charge in [0.1, 0.15) is 5.41 Å². The summed E-state index contributed by atoms with van der Waals surface area (Å²) in [5.74, 6) is -0.164. The van der Waals surface area contributed by atoms with Gasteiger partial charge in [0.05, 0.1) is 6.61 Å². The standard InChI is InChI=1S/C12H16O3/c1-2-15-11(14)12-7-4-3-5-9(6-8-12)10(12)13/h3-4,9H,2,5-8H2,1H3/t9-,12-/m0/s1. The van der Waals surface area contributed by atoms with Crippen LogP contribution in [0, 0.1) is 11.3 Å². The van der Waals surface area contributed by atoms with E-state index in [1.807, 2.05) is 12.2 Å². The second kappa shape index (κ2) is 3.80. The summed E-state index contributed by atoms with van der Waals surface area (Å²) in [6.07, 6.45) is 6.79. The number of allylic oxidation sites excluding steroid dienone is 2. The zero-order valence-electron chi connectivity index (χ0n) is 8.99. The van der Waals surface area contributed by atoms with Crippen LogP contribution in [-0.4, -0.2) is 18.4 Å². The number of hydrogen-bond acceptors (Lipinski definition) is 3. The molecule has 0 amide bonds. The minimum absolute atomic E-state index is 0.0492. The Balaban J connectivity index is 2.28. The van der Waals surface area contributed by atoms with Gasteiger partial charge in [0.15, 0.2) is 5.78 Å². The first-order valence-corrected chi connectivity index (χ1v) is 5.57. The van der Waals surface area contributed by atoms with Crippen LogP contribution >= 0.6 is 0 Å². The van der Waals surface area contributed by atoms with Crippen molar-refractivity contribution < 1.29 is 14.3 Å². The van der Waals surface area contributed by atoms with Gasteiger partial charge >= 0.3 is 5.97 Å². The normalized spacial score (nSPS) is 33.9. The van der Waals surface area contributed by atoms with E-state index >= 15 is 0 Å². The van der Waals surface area contributed by atoms with Crippen molar-refractivity contribution in [2.24, 2.45) is 11.3 Å². The Labute approximate surface area is 89.5 Å². The summed E-state index contributed by atoms with van der Waals surface area (Å²) < 4.78 is 5.03. The number of carbonyl (C=O) groups is 2. The molecule has 3 nitrogen and oxygen atoms in total. The highest BCUT2D eigenvalue weighted by molar-refractivity contribution is 6.06. The van der Waals surface area contributed by atoms with E-state index in [0.29, 0.717) is 19.4 Å². The van der Waals surface area contributed by atoms with Crippen molar-refractivity contribution in [3.63, 3.8) is 0 Å². The van der Waals surface area contributed by atoms with Crippen molar-refractivity contribution in [1.29, 1.82) is 0 Å². The molecule has 0 aliphatic heterocycles. The Morgan fingerprint density at radius 1 is 1.60 bits per heavy atom. The number of ether oxygens (including phenoxy) is 1. The highest BCUT2D eigenvalue weighted by Gasteiger charge is 2.53. The molecular weight excluding hydrogens is 192 g/mol. The fraction of sp³-hybridized carbons (Fsp3) is 0.667. The quantitative estimate of drug-likeness (QED) is 0.395. The minimum atomic E-state index is -0.840. The van der Waals surface area contributed by atoms with Crippen molar-refractivity contribution in [2.75, 3.05) is 6.61 Å². The van der Waals surface area contributed by atoms with Gasteiger partial charge < -0.3 is 4.74 Å². The van der Waals surface area contributed by atoms with Gasteiger partial charge in [-0.1, -0.05) is 12.2 Å². The maximum absolute atomic E-state index is 12.1. The fourth-order valence-corrected chi connectivity index (χ4v) is 2.59. The lowest BCUT2D eigenvalue weighted by Gasteiger charge is -2.23. The number of fused-ring (bicyclic) bond motifs is 2. The minimum Gasteiger partial charge on any atom is -0.465 e. The molecule has 1 saturated carbocycles. The first-order chi connectivity index (χ1) is 7.20. The van der Waals surface area contributed by atoms with E-state index in [4.69, 9.17) is 4.74 Å². The zero-order chi connectivity index (χ0) is 10.9. The van der Waals surface area contributed by atoms with Crippen LogP contribution in [0.25, 0.3) is 0 Å². The van der Waals surface area contributed by atoms with Crippen LogP contribution < -0.4 is 0 Å². The third-order valence-electron chi connectivity index (χ3n) is 3.48. The summed E-state index contributed by atoms with van der Waals surface area (Å²) in [5, 5.41) is 0. The summed E-state index contributed by atoms with van der Waals surface area (Å²) in [7, 11) is 0. The van der Waals surface area contributed by atoms with Crippen molar-refractivity contribution in [3.05, 3.63) is 12.2 Å². The molecule has 0 saturated heterocycles. The summed E-state index contributed by atoms with van der Waals surface area (Å²) >= 11 is 0. The largest absolute Gasteiger partial charge is 0.465 e. The van der Waals surface area contributed by atoms with Crippen molar-refractivity contribution in [3.8, 4) is 0 Å². The highest BCUT2D eigenvalue weighted by Crippen LogP contribution is 2.45. The molecule has 0 unspecified atom stereocenters. The Bertz CT molecular complexity index is 319. The molecule has 0 N–H and O–H groups in total. The van der Waals surface area contributed by atoms with Crippen LogP contribution in [0.1, 0.15) is 32.6 Å². The van der Waals surface area contributed by atoms with Gasteiger partial charge in [-0.05, 0) is 32.6 Å². The molecule has 0 aromatic heterocycles. The summed E-state index contributed by atoms with van der Waals surface area (Å²) in [4.78, 5) is 24.0. The average Bonchev–Trinajstić information content (AvgIpc) is 2.38. The number of esters is 1. The number of ketones is 1. The van der Waals surface area contributed by atoms with E-state index in [-0.39, 0.29) is 17.7 Å². The number of Topliss-reactive ketones (excluding diaryl/α,β-unsaturated/α-hetero) is 1. The third-order valence-corrected chi connectivity index (χ3v) is 3.48. The van der Waals surface area contributed by atoms with E-state index in [0.717, 1.165) is 12.8 Å². The monoisotopic (exact) mass is 208 g/mol. The lowest BCUT2D eigenvalue weighted by molar-refractivity contribution is -0.159. The molecule has 3 heteroatoms. The Kier molecular flexibility index (Phi) is 2.63. The molecule has 0 radical (unpaired) electrons. The SMILES string of the molecule is CCOC(=O)[C@@]12CC=CC[C@@H](CC1)C2=O. The maximum Gasteiger partial charge on any atom is 0.319 e. The van der Waals surface area contributed by atoms with E-state index < -0.39 is 5.41 Å². The van der Waals surface area contributed by atoms with E-state index in [9.17, 15) is 9.59 Å². The van der Waals surface area contributed by atoms with E-state index in [2.05, 4.69) is 0 Å². The summed E-state index contributed by atoms with van der Waals surface area (Å²) in [6.45, 7) is 2.13. The van der Waals surface area contributed by atoms with E-state index in [1.54, 1.807) is 6.92 Å². The Morgan fingerprint density at radius 2 is 2.40 bits per heavy atom. The fourth-order valence-electron chi connectivity index (χ4n) is 2.59. The molecule has 0 aromatic carbocycles. The van der Waals surface area contributed by atoms with Gasteiger partial charge in [-0.15, -0.1) is 0 Å². The Morgan fingerprint density at radius 3 is 3.13 bits per heavy atom. The van der Waals surface area contributed by atoms with Gasteiger partial charge in [-0.2, -0.15) is 0 Å². The van der Waals surface area contributed by atoms with Crippen LogP contribution in [0.5, 0.6) is 0 Å². The van der Waals surface area contributed by atoms with Crippen molar-refractivity contribution >= 4 is 11.8 Å². The molecule has 0 heterocycles. The van der Waals surface area contributed by atoms with Crippen LogP contribution in [0.4, 0.5) is 0 Å². The van der Waals surface area contributed by atoms with Gasteiger partial charge in [0.25, 0.3) is 0 Å².